The first kappa shape index (κ1) is 19.0. The number of likely N-dealkylation sites (tertiary alicyclic amines) is 1. The standard InChI is InChI=1S/C18H28N4O3/c1-13-11-14(2)21-17(24)15(13)12-20-18(25)19-8-6-10-22-9-5-3-4-7-16(22)23/h11H,3-10,12H2,1-2H3,(H,21,24)(H2,19,20,25). The average molecular weight is 348 g/mol. The van der Waals surface area contributed by atoms with Crippen LogP contribution in [0.25, 0.3) is 0 Å². The van der Waals surface area contributed by atoms with E-state index in [2.05, 4.69) is 15.6 Å². The molecule has 1 aromatic rings. The number of urea groups is 1. The molecule has 1 saturated heterocycles. The summed E-state index contributed by atoms with van der Waals surface area (Å²) >= 11 is 0. The second-order valence-electron chi connectivity index (χ2n) is 6.60. The maximum Gasteiger partial charge on any atom is 0.315 e. The lowest BCUT2D eigenvalue weighted by Crippen LogP contribution is -2.38. The van der Waals surface area contributed by atoms with Crippen molar-refractivity contribution in [3.8, 4) is 0 Å². The predicted molar refractivity (Wildman–Crippen MR) is 96.4 cm³/mol. The van der Waals surface area contributed by atoms with Crippen molar-refractivity contribution in [1.82, 2.24) is 20.5 Å². The first-order chi connectivity index (χ1) is 12.0. The van der Waals surface area contributed by atoms with Gasteiger partial charge in [-0.25, -0.2) is 4.79 Å². The number of nitrogens with zero attached hydrogens (tertiary/aromatic N) is 1. The number of carbonyl (C=O) groups excluding carboxylic acids is 2. The Morgan fingerprint density at radius 2 is 2.00 bits per heavy atom. The first-order valence-corrected chi connectivity index (χ1v) is 8.96. The number of amides is 3. The van der Waals surface area contributed by atoms with E-state index in [9.17, 15) is 14.4 Å². The van der Waals surface area contributed by atoms with Crippen molar-refractivity contribution in [3.63, 3.8) is 0 Å². The van der Waals surface area contributed by atoms with Crippen LogP contribution in [0, 0.1) is 13.8 Å². The van der Waals surface area contributed by atoms with Gasteiger partial charge < -0.3 is 20.5 Å². The van der Waals surface area contributed by atoms with Gasteiger partial charge in [-0.15, -0.1) is 0 Å². The molecule has 7 heteroatoms. The van der Waals surface area contributed by atoms with Crippen LogP contribution in [0.3, 0.4) is 0 Å². The van der Waals surface area contributed by atoms with E-state index in [1.165, 1.54) is 0 Å². The highest BCUT2D eigenvalue weighted by atomic mass is 16.2. The SMILES string of the molecule is Cc1cc(C)c(CNC(=O)NCCCN2CCCCCC2=O)c(=O)[nH]1. The number of aryl methyl sites for hydroxylation is 2. The molecule has 0 bridgehead atoms. The van der Waals surface area contributed by atoms with Crippen LogP contribution in [0.1, 0.15) is 48.9 Å². The minimum Gasteiger partial charge on any atom is -0.343 e. The van der Waals surface area contributed by atoms with Crippen LogP contribution in [0.5, 0.6) is 0 Å². The fourth-order valence-corrected chi connectivity index (χ4v) is 3.08. The van der Waals surface area contributed by atoms with Crippen molar-refractivity contribution in [1.29, 1.82) is 0 Å². The van der Waals surface area contributed by atoms with Crippen LogP contribution >= 0.6 is 0 Å². The summed E-state index contributed by atoms with van der Waals surface area (Å²) in [7, 11) is 0. The highest BCUT2D eigenvalue weighted by Crippen LogP contribution is 2.11. The normalized spacial score (nSPS) is 15.0. The third-order valence-corrected chi connectivity index (χ3v) is 4.48. The molecule has 0 aliphatic carbocycles. The summed E-state index contributed by atoms with van der Waals surface area (Å²) in [6.45, 7) is 5.87. The summed E-state index contributed by atoms with van der Waals surface area (Å²) in [4.78, 5) is 40.3. The van der Waals surface area contributed by atoms with Crippen LogP contribution < -0.4 is 16.2 Å². The molecular formula is C18H28N4O3. The van der Waals surface area contributed by atoms with E-state index in [-0.39, 0.29) is 24.0 Å². The Kier molecular flexibility index (Phi) is 7.03. The first-order valence-electron chi connectivity index (χ1n) is 8.96. The molecule has 0 saturated carbocycles. The van der Waals surface area contributed by atoms with Gasteiger partial charge >= 0.3 is 6.03 Å². The second kappa shape index (κ2) is 9.25. The fourth-order valence-electron chi connectivity index (χ4n) is 3.08. The zero-order valence-corrected chi connectivity index (χ0v) is 15.1. The van der Waals surface area contributed by atoms with E-state index in [0.717, 1.165) is 43.5 Å². The maximum absolute atomic E-state index is 11.9. The van der Waals surface area contributed by atoms with Gasteiger partial charge in [-0.2, -0.15) is 0 Å². The Labute approximate surface area is 148 Å². The quantitative estimate of drug-likeness (QED) is 0.681. The Balaban J connectivity index is 1.69. The van der Waals surface area contributed by atoms with E-state index >= 15 is 0 Å². The second-order valence-corrected chi connectivity index (χ2v) is 6.60. The van der Waals surface area contributed by atoms with Gasteiger partial charge in [-0.3, -0.25) is 9.59 Å². The zero-order valence-electron chi connectivity index (χ0n) is 15.1. The maximum atomic E-state index is 11.9. The Bertz CT molecular complexity index is 669. The molecule has 1 aliphatic rings. The average Bonchev–Trinajstić information content (AvgIpc) is 2.75. The number of hydrogen-bond acceptors (Lipinski definition) is 3. The molecule has 1 aliphatic heterocycles. The minimum absolute atomic E-state index is 0.169. The Morgan fingerprint density at radius 3 is 2.76 bits per heavy atom. The molecule has 0 atom stereocenters. The molecule has 3 amide bonds. The number of H-pyrrole nitrogens is 1. The van der Waals surface area contributed by atoms with Gasteiger partial charge in [0.1, 0.15) is 0 Å². The molecule has 3 N–H and O–H groups in total. The van der Waals surface area contributed by atoms with Crippen LogP contribution in [0.15, 0.2) is 10.9 Å². The number of aromatic amines is 1. The summed E-state index contributed by atoms with van der Waals surface area (Å²) in [6.07, 6.45) is 4.51. The smallest absolute Gasteiger partial charge is 0.315 e. The Morgan fingerprint density at radius 1 is 1.20 bits per heavy atom. The topological polar surface area (TPSA) is 94.3 Å². The lowest BCUT2D eigenvalue weighted by Gasteiger charge is -2.20. The molecule has 1 aromatic heterocycles. The monoisotopic (exact) mass is 348 g/mol. The van der Waals surface area contributed by atoms with Crippen LogP contribution in [-0.2, 0) is 11.3 Å². The van der Waals surface area contributed by atoms with E-state index < -0.39 is 0 Å². The van der Waals surface area contributed by atoms with E-state index in [0.29, 0.717) is 25.1 Å². The zero-order chi connectivity index (χ0) is 18.2. The number of aromatic nitrogens is 1. The summed E-state index contributed by atoms with van der Waals surface area (Å²) < 4.78 is 0. The molecule has 2 heterocycles. The van der Waals surface area contributed by atoms with Crippen molar-refractivity contribution >= 4 is 11.9 Å². The molecule has 0 unspecified atom stereocenters. The van der Waals surface area contributed by atoms with Crippen molar-refractivity contribution < 1.29 is 9.59 Å². The number of nitrogens with one attached hydrogen (secondary N) is 3. The van der Waals surface area contributed by atoms with Crippen LogP contribution in [-0.4, -0.2) is 41.5 Å². The number of pyridine rings is 1. The number of carbonyl (C=O) groups is 2. The van der Waals surface area contributed by atoms with Crippen molar-refractivity contribution in [2.24, 2.45) is 0 Å². The van der Waals surface area contributed by atoms with Gasteiger partial charge in [0.2, 0.25) is 5.91 Å². The largest absolute Gasteiger partial charge is 0.343 e. The van der Waals surface area contributed by atoms with Gasteiger partial charge in [0, 0.05) is 37.3 Å². The van der Waals surface area contributed by atoms with Gasteiger partial charge in [0.15, 0.2) is 0 Å². The van der Waals surface area contributed by atoms with Crippen LogP contribution in [0.4, 0.5) is 4.79 Å². The molecule has 0 aromatic carbocycles. The van der Waals surface area contributed by atoms with Crippen molar-refractivity contribution in [3.05, 3.63) is 33.2 Å². The van der Waals surface area contributed by atoms with Gasteiger partial charge in [-0.1, -0.05) is 6.42 Å². The Hall–Kier alpha value is -2.31. The summed E-state index contributed by atoms with van der Waals surface area (Å²) in [5.74, 6) is 0.219. The number of hydrogen-bond donors (Lipinski definition) is 3. The van der Waals surface area contributed by atoms with Gasteiger partial charge in [-0.05, 0) is 44.7 Å². The summed E-state index contributed by atoms with van der Waals surface area (Å²) in [6, 6.07) is 1.58. The minimum atomic E-state index is -0.304. The third-order valence-electron chi connectivity index (χ3n) is 4.48. The highest BCUT2D eigenvalue weighted by molar-refractivity contribution is 5.76. The molecule has 0 radical (unpaired) electrons. The van der Waals surface area contributed by atoms with Crippen molar-refractivity contribution in [2.45, 2.75) is 52.5 Å². The highest BCUT2D eigenvalue weighted by Gasteiger charge is 2.15. The molecule has 2 rings (SSSR count). The lowest BCUT2D eigenvalue weighted by molar-refractivity contribution is -0.130. The third kappa shape index (κ3) is 5.92. The summed E-state index contributed by atoms with van der Waals surface area (Å²) in [5.41, 5.74) is 2.06. The van der Waals surface area contributed by atoms with Gasteiger partial charge in [0.05, 0.1) is 6.54 Å². The van der Waals surface area contributed by atoms with Crippen LogP contribution in [0.2, 0.25) is 0 Å². The van der Waals surface area contributed by atoms with Gasteiger partial charge in [0.25, 0.3) is 5.56 Å². The van der Waals surface area contributed by atoms with Crippen molar-refractivity contribution in [2.75, 3.05) is 19.6 Å². The molecule has 7 nitrogen and oxygen atoms in total. The molecule has 25 heavy (non-hydrogen) atoms. The molecule has 1 fully saturated rings. The van der Waals surface area contributed by atoms with E-state index in [1.807, 2.05) is 24.8 Å². The number of rotatable bonds is 6. The lowest BCUT2D eigenvalue weighted by atomic mass is 10.1. The van der Waals surface area contributed by atoms with E-state index in [1.54, 1.807) is 0 Å². The predicted octanol–water partition coefficient (Wildman–Crippen LogP) is 1.58. The van der Waals surface area contributed by atoms with E-state index in [4.69, 9.17) is 0 Å². The molecular weight excluding hydrogens is 320 g/mol. The summed E-state index contributed by atoms with van der Waals surface area (Å²) in [5, 5.41) is 5.48. The molecule has 138 valence electrons. The molecule has 0 spiro atoms. The fraction of sp³-hybridized carbons (Fsp3) is 0.611.